The summed E-state index contributed by atoms with van der Waals surface area (Å²) in [6.07, 6.45) is 1.25. The number of methoxy groups -OCH3 is 2. The number of nitrogens with zero attached hydrogens (tertiary/aromatic N) is 3. The van der Waals surface area contributed by atoms with Crippen LogP contribution in [0, 0.1) is 0 Å². The van der Waals surface area contributed by atoms with Gasteiger partial charge in [0.05, 0.1) is 45.2 Å². The van der Waals surface area contributed by atoms with Crippen LogP contribution in [0.5, 0.6) is 17.2 Å². The Morgan fingerprint density at radius 1 is 1.00 bits per heavy atom. The van der Waals surface area contributed by atoms with Gasteiger partial charge in [-0.1, -0.05) is 12.1 Å². The molecule has 0 unspecified atom stereocenters. The molecule has 32 heavy (non-hydrogen) atoms. The van der Waals surface area contributed by atoms with Crippen molar-refractivity contribution in [3.8, 4) is 28.5 Å². The quantitative estimate of drug-likeness (QED) is 0.562. The van der Waals surface area contributed by atoms with Crippen molar-refractivity contribution in [2.45, 2.75) is 32.9 Å². The van der Waals surface area contributed by atoms with Gasteiger partial charge in [-0.05, 0) is 55.3 Å². The molecule has 0 aliphatic carbocycles. The standard InChI is InChI=1S/C25H29N3O4/c1-4-32-21-9-6-18(7-10-21)14-25(29)27-12-5-13-28-20(17-27)16-22(26-28)19-8-11-23(30-2)24(15-19)31-3/h6-11,15-16H,4-5,12-14,17H2,1-3H3. The van der Waals surface area contributed by atoms with E-state index in [0.29, 0.717) is 31.1 Å². The highest BCUT2D eigenvalue weighted by atomic mass is 16.5. The van der Waals surface area contributed by atoms with Crippen molar-refractivity contribution in [1.29, 1.82) is 0 Å². The van der Waals surface area contributed by atoms with Crippen molar-refractivity contribution in [2.75, 3.05) is 27.4 Å². The van der Waals surface area contributed by atoms with Crippen LogP contribution in [0.15, 0.2) is 48.5 Å². The third-order valence-corrected chi connectivity index (χ3v) is 5.64. The van der Waals surface area contributed by atoms with Gasteiger partial charge in [0.2, 0.25) is 5.91 Å². The highest BCUT2D eigenvalue weighted by molar-refractivity contribution is 5.79. The van der Waals surface area contributed by atoms with Crippen molar-refractivity contribution in [3.05, 3.63) is 59.8 Å². The second kappa shape index (κ2) is 9.77. The molecule has 0 radical (unpaired) electrons. The maximum Gasteiger partial charge on any atom is 0.227 e. The summed E-state index contributed by atoms with van der Waals surface area (Å²) in [7, 11) is 3.24. The number of rotatable bonds is 7. The normalized spacial score (nSPS) is 13.3. The Hall–Kier alpha value is -3.48. The lowest BCUT2D eigenvalue weighted by molar-refractivity contribution is -0.131. The van der Waals surface area contributed by atoms with Crippen LogP contribution in [0.2, 0.25) is 0 Å². The predicted molar refractivity (Wildman–Crippen MR) is 122 cm³/mol. The lowest BCUT2D eigenvalue weighted by Crippen LogP contribution is -2.32. The first-order valence-corrected chi connectivity index (χ1v) is 10.9. The van der Waals surface area contributed by atoms with E-state index < -0.39 is 0 Å². The van der Waals surface area contributed by atoms with E-state index in [-0.39, 0.29) is 5.91 Å². The summed E-state index contributed by atoms with van der Waals surface area (Å²) in [5.74, 6) is 2.30. The molecule has 0 saturated carbocycles. The Bertz CT molecular complexity index is 1080. The van der Waals surface area contributed by atoms with Crippen molar-refractivity contribution < 1.29 is 19.0 Å². The molecule has 0 N–H and O–H groups in total. The summed E-state index contributed by atoms with van der Waals surface area (Å²) in [6.45, 7) is 4.65. The molecule has 0 saturated heterocycles. The molecule has 4 rings (SSSR count). The molecular formula is C25H29N3O4. The molecule has 1 aliphatic rings. The SMILES string of the molecule is CCOc1ccc(CC(=O)N2CCCn3nc(-c4ccc(OC)c(OC)c4)cc3C2)cc1. The minimum absolute atomic E-state index is 0.122. The van der Waals surface area contributed by atoms with E-state index in [1.807, 2.05) is 59.0 Å². The number of hydrogen-bond acceptors (Lipinski definition) is 5. The first kappa shape index (κ1) is 21.7. The van der Waals surface area contributed by atoms with Crippen molar-refractivity contribution in [2.24, 2.45) is 0 Å². The molecule has 0 atom stereocenters. The summed E-state index contributed by atoms with van der Waals surface area (Å²) in [5, 5.41) is 4.79. The summed E-state index contributed by atoms with van der Waals surface area (Å²) >= 11 is 0. The molecule has 3 aromatic rings. The number of carbonyl (C=O) groups excluding carboxylic acids is 1. The molecule has 1 aliphatic heterocycles. The topological polar surface area (TPSA) is 65.8 Å². The second-order valence-corrected chi connectivity index (χ2v) is 7.74. The minimum Gasteiger partial charge on any atom is -0.494 e. The second-order valence-electron chi connectivity index (χ2n) is 7.74. The summed E-state index contributed by atoms with van der Waals surface area (Å²) in [5.41, 5.74) is 3.84. The third-order valence-electron chi connectivity index (χ3n) is 5.64. The zero-order valence-electron chi connectivity index (χ0n) is 18.8. The molecule has 1 amide bonds. The number of amides is 1. The van der Waals surface area contributed by atoms with E-state index in [4.69, 9.17) is 19.3 Å². The van der Waals surface area contributed by atoms with E-state index in [2.05, 4.69) is 6.07 Å². The molecule has 2 aromatic carbocycles. The Labute approximate surface area is 188 Å². The van der Waals surface area contributed by atoms with E-state index in [1.165, 1.54) is 0 Å². The van der Waals surface area contributed by atoms with Crippen LogP contribution in [0.3, 0.4) is 0 Å². The monoisotopic (exact) mass is 435 g/mol. The maximum atomic E-state index is 13.0. The smallest absolute Gasteiger partial charge is 0.227 e. The summed E-state index contributed by atoms with van der Waals surface area (Å²) in [4.78, 5) is 14.9. The summed E-state index contributed by atoms with van der Waals surface area (Å²) < 4.78 is 18.3. The molecule has 2 heterocycles. The van der Waals surface area contributed by atoms with Gasteiger partial charge >= 0.3 is 0 Å². The average Bonchev–Trinajstić information content (AvgIpc) is 3.11. The van der Waals surface area contributed by atoms with Crippen LogP contribution < -0.4 is 14.2 Å². The van der Waals surface area contributed by atoms with Gasteiger partial charge in [0, 0.05) is 18.7 Å². The molecule has 0 bridgehead atoms. The first-order valence-electron chi connectivity index (χ1n) is 10.9. The van der Waals surface area contributed by atoms with Gasteiger partial charge in [-0.2, -0.15) is 5.10 Å². The molecule has 7 nitrogen and oxygen atoms in total. The molecule has 1 aromatic heterocycles. The predicted octanol–water partition coefficient (Wildman–Crippen LogP) is 3.94. The van der Waals surface area contributed by atoms with Crippen LogP contribution in [0.4, 0.5) is 0 Å². The largest absolute Gasteiger partial charge is 0.494 e. The van der Waals surface area contributed by atoms with Crippen molar-refractivity contribution in [1.82, 2.24) is 14.7 Å². The zero-order chi connectivity index (χ0) is 22.5. The Morgan fingerprint density at radius 3 is 2.50 bits per heavy atom. The fourth-order valence-corrected chi connectivity index (χ4v) is 3.97. The van der Waals surface area contributed by atoms with Crippen LogP contribution in [0.1, 0.15) is 24.6 Å². The third kappa shape index (κ3) is 4.72. The average molecular weight is 436 g/mol. The van der Waals surface area contributed by atoms with Crippen LogP contribution in [-0.2, 0) is 24.3 Å². The highest BCUT2D eigenvalue weighted by Gasteiger charge is 2.21. The number of hydrogen-bond donors (Lipinski definition) is 0. The molecule has 168 valence electrons. The van der Waals surface area contributed by atoms with E-state index in [1.54, 1.807) is 14.2 Å². The van der Waals surface area contributed by atoms with Crippen molar-refractivity contribution in [3.63, 3.8) is 0 Å². The Morgan fingerprint density at radius 2 is 1.78 bits per heavy atom. The lowest BCUT2D eigenvalue weighted by Gasteiger charge is -2.20. The number of carbonyl (C=O) groups is 1. The zero-order valence-corrected chi connectivity index (χ0v) is 18.8. The summed E-state index contributed by atoms with van der Waals surface area (Å²) in [6, 6.07) is 15.6. The van der Waals surface area contributed by atoms with Gasteiger partial charge in [-0.15, -0.1) is 0 Å². The number of benzene rings is 2. The lowest BCUT2D eigenvalue weighted by atomic mass is 10.1. The van der Waals surface area contributed by atoms with Gasteiger partial charge in [0.15, 0.2) is 11.5 Å². The van der Waals surface area contributed by atoms with Gasteiger partial charge in [-0.25, -0.2) is 0 Å². The maximum absolute atomic E-state index is 13.0. The highest BCUT2D eigenvalue weighted by Crippen LogP contribution is 2.32. The van der Waals surface area contributed by atoms with Gasteiger partial charge in [-0.3, -0.25) is 9.48 Å². The first-order chi connectivity index (χ1) is 15.6. The number of ether oxygens (including phenoxy) is 3. The Kier molecular flexibility index (Phi) is 6.63. The van der Waals surface area contributed by atoms with Crippen LogP contribution >= 0.6 is 0 Å². The van der Waals surface area contributed by atoms with Crippen LogP contribution in [0.25, 0.3) is 11.3 Å². The number of fused-ring (bicyclic) bond motifs is 1. The molecule has 0 spiro atoms. The molecule has 0 fully saturated rings. The number of aromatic nitrogens is 2. The fraction of sp³-hybridized carbons (Fsp3) is 0.360. The van der Waals surface area contributed by atoms with Gasteiger partial charge in [0.1, 0.15) is 5.75 Å². The fourth-order valence-electron chi connectivity index (χ4n) is 3.97. The number of aryl methyl sites for hydroxylation is 1. The van der Waals surface area contributed by atoms with Gasteiger partial charge in [0.25, 0.3) is 0 Å². The van der Waals surface area contributed by atoms with Crippen LogP contribution in [-0.4, -0.2) is 48.0 Å². The van der Waals surface area contributed by atoms with Gasteiger partial charge < -0.3 is 19.1 Å². The Balaban J connectivity index is 1.48. The van der Waals surface area contributed by atoms with E-state index >= 15 is 0 Å². The molecular weight excluding hydrogens is 406 g/mol. The molecule has 7 heteroatoms. The van der Waals surface area contributed by atoms with E-state index in [0.717, 1.165) is 47.8 Å². The van der Waals surface area contributed by atoms with E-state index in [9.17, 15) is 4.79 Å². The van der Waals surface area contributed by atoms with Crippen molar-refractivity contribution >= 4 is 5.91 Å². The minimum atomic E-state index is 0.122.